The topological polar surface area (TPSA) is 43.8 Å². The zero-order valence-electron chi connectivity index (χ0n) is 12.5. The minimum absolute atomic E-state index is 0.0897. The second-order valence-electron chi connectivity index (χ2n) is 5.83. The molecule has 0 aliphatic carbocycles. The third-order valence-electron chi connectivity index (χ3n) is 4.04. The quantitative estimate of drug-likeness (QED) is 0.926. The summed E-state index contributed by atoms with van der Waals surface area (Å²) in [4.78, 5) is 15.0. The van der Waals surface area contributed by atoms with Crippen LogP contribution in [0.15, 0.2) is 24.3 Å². The van der Waals surface area contributed by atoms with Gasteiger partial charge >= 0.3 is 12.1 Å². The number of carboxylic acid groups (broad SMARTS) is 1. The maximum absolute atomic E-state index is 12.7. The number of likely N-dealkylation sites (N-methyl/N-ethyl adjacent to an activating group) is 1. The van der Waals surface area contributed by atoms with E-state index in [0.29, 0.717) is 18.5 Å². The van der Waals surface area contributed by atoms with E-state index >= 15 is 0 Å². The second-order valence-corrected chi connectivity index (χ2v) is 5.83. The Morgan fingerprint density at radius 3 is 2.64 bits per heavy atom. The summed E-state index contributed by atoms with van der Waals surface area (Å²) >= 11 is 0. The third-order valence-corrected chi connectivity index (χ3v) is 4.04. The van der Waals surface area contributed by atoms with E-state index in [4.69, 9.17) is 0 Å². The first-order chi connectivity index (χ1) is 10.2. The van der Waals surface area contributed by atoms with Crippen molar-refractivity contribution in [1.29, 1.82) is 0 Å². The molecular weight excluding hydrogens is 297 g/mol. The fourth-order valence-electron chi connectivity index (χ4n) is 2.77. The van der Waals surface area contributed by atoms with Crippen molar-refractivity contribution in [3.05, 3.63) is 35.4 Å². The molecular formula is C15H19F3N2O2. The van der Waals surface area contributed by atoms with E-state index in [1.54, 1.807) is 11.0 Å². The van der Waals surface area contributed by atoms with E-state index in [2.05, 4.69) is 0 Å². The maximum atomic E-state index is 12.7. The van der Waals surface area contributed by atoms with Crippen LogP contribution in [0.1, 0.15) is 17.5 Å². The Hall–Kier alpha value is -1.60. The highest BCUT2D eigenvalue weighted by Gasteiger charge is 2.38. The normalized spacial score (nSPS) is 23.2. The van der Waals surface area contributed by atoms with E-state index in [0.717, 1.165) is 12.1 Å². The van der Waals surface area contributed by atoms with Crippen molar-refractivity contribution in [1.82, 2.24) is 9.80 Å². The molecule has 1 heterocycles. The van der Waals surface area contributed by atoms with Gasteiger partial charge in [0.25, 0.3) is 0 Å². The number of carbonyl (C=O) groups is 1. The lowest BCUT2D eigenvalue weighted by molar-refractivity contribution is -0.142. The number of hydrogen-bond acceptors (Lipinski definition) is 3. The van der Waals surface area contributed by atoms with E-state index in [9.17, 15) is 23.1 Å². The van der Waals surface area contributed by atoms with Gasteiger partial charge in [0, 0.05) is 19.1 Å². The van der Waals surface area contributed by atoms with Crippen LogP contribution in [0.4, 0.5) is 13.2 Å². The predicted molar refractivity (Wildman–Crippen MR) is 75.4 cm³/mol. The summed E-state index contributed by atoms with van der Waals surface area (Å²) in [6.07, 6.45) is -3.92. The first-order valence-corrected chi connectivity index (χ1v) is 6.98. The molecule has 0 saturated carbocycles. The number of likely N-dealkylation sites (tertiary alicyclic amines) is 1. The summed E-state index contributed by atoms with van der Waals surface area (Å²) < 4.78 is 38.2. The number of alkyl halides is 3. The molecule has 0 unspecified atom stereocenters. The van der Waals surface area contributed by atoms with Crippen LogP contribution in [-0.4, -0.2) is 53.6 Å². The predicted octanol–water partition coefficient (Wildman–Crippen LogP) is 2.29. The van der Waals surface area contributed by atoms with Crippen molar-refractivity contribution in [2.24, 2.45) is 0 Å². The molecule has 1 aliphatic rings. The molecule has 1 fully saturated rings. The smallest absolute Gasteiger partial charge is 0.416 e. The van der Waals surface area contributed by atoms with E-state index < -0.39 is 23.8 Å². The molecule has 1 aromatic rings. The number of carboxylic acids is 1. The summed E-state index contributed by atoms with van der Waals surface area (Å²) in [5.41, 5.74) is -0.235. The summed E-state index contributed by atoms with van der Waals surface area (Å²) in [7, 11) is 3.74. The molecule has 22 heavy (non-hydrogen) atoms. The van der Waals surface area contributed by atoms with Gasteiger partial charge in [-0.1, -0.05) is 18.2 Å². The van der Waals surface area contributed by atoms with Gasteiger partial charge in [-0.3, -0.25) is 9.69 Å². The highest BCUT2D eigenvalue weighted by atomic mass is 19.4. The van der Waals surface area contributed by atoms with Crippen molar-refractivity contribution in [2.45, 2.75) is 31.2 Å². The molecule has 0 radical (unpaired) electrons. The molecule has 7 heteroatoms. The Bertz CT molecular complexity index is 546. The van der Waals surface area contributed by atoms with Crippen LogP contribution in [0, 0.1) is 0 Å². The van der Waals surface area contributed by atoms with Gasteiger partial charge in [0.15, 0.2) is 0 Å². The lowest BCUT2D eigenvalue weighted by Gasteiger charge is -2.22. The fourth-order valence-corrected chi connectivity index (χ4v) is 2.77. The Labute approximate surface area is 127 Å². The van der Waals surface area contributed by atoms with Crippen LogP contribution in [0.5, 0.6) is 0 Å². The first kappa shape index (κ1) is 16.8. The van der Waals surface area contributed by atoms with Crippen LogP contribution < -0.4 is 0 Å². The van der Waals surface area contributed by atoms with Crippen molar-refractivity contribution < 1.29 is 23.1 Å². The van der Waals surface area contributed by atoms with Crippen LogP contribution in [-0.2, 0) is 17.5 Å². The number of nitrogens with zero attached hydrogens (tertiary/aromatic N) is 2. The molecule has 2 rings (SSSR count). The Balaban J connectivity index is 2.16. The van der Waals surface area contributed by atoms with E-state index in [1.165, 1.54) is 6.07 Å². The zero-order valence-corrected chi connectivity index (χ0v) is 12.5. The number of rotatable bonds is 4. The Morgan fingerprint density at radius 1 is 1.41 bits per heavy atom. The highest BCUT2D eigenvalue weighted by Crippen LogP contribution is 2.30. The lowest BCUT2D eigenvalue weighted by atomic mass is 10.1. The molecule has 1 N–H and O–H groups in total. The molecule has 0 aromatic heterocycles. The summed E-state index contributed by atoms with van der Waals surface area (Å²) in [5, 5.41) is 9.30. The van der Waals surface area contributed by atoms with Gasteiger partial charge in [-0.05, 0) is 32.1 Å². The Morgan fingerprint density at radius 2 is 2.09 bits per heavy atom. The fraction of sp³-hybridized carbons (Fsp3) is 0.533. The molecule has 2 atom stereocenters. The average Bonchev–Trinajstić information content (AvgIpc) is 2.82. The maximum Gasteiger partial charge on any atom is 0.416 e. The Kier molecular flexibility index (Phi) is 4.77. The second kappa shape index (κ2) is 6.26. The van der Waals surface area contributed by atoms with Crippen LogP contribution >= 0.6 is 0 Å². The number of aliphatic carboxylic acids is 1. The third kappa shape index (κ3) is 3.78. The van der Waals surface area contributed by atoms with Crippen molar-refractivity contribution in [3.63, 3.8) is 0 Å². The standard InChI is InChI=1S/C15H19F3N2O2/c1-19(2)12-7-13(14(21)22)20(9-12)8-10-4-3-5-11(6-10)15(16,17)18/h3-6,12-13H,7-9H2,1-2H3,(H,21,22)/t12-,13+/m1/s1. The zero-order chi connectivity index (χ0) is 16.5. The van der Waals surface area contributed by atoms with E-state index in [1.807, 2.05) is 19.0 Å². The molecule has 1 saturated heterocycles. The van der Waals surface area contributed by atoms with Gasteiger partial charge in [-0.2, -0.15) is 13.2 Å². The monoisotopic (exact) mass is 316 g/mol. The number of benzene rings is 1. The van der Waals surface area contributed by atoms with Gasteiger partial charge in [-0.15, -0.1) is 0 Å². The SMILES string of the molecule is CN(C)[C@@H]1C[C@@H](C(=O)O)N(Cc2cccc(C(F)(F)F)c2)C1. The molecule has 0 bridgehead atoms. The molecule has 4 nitrogen and oxygen atoms in total. The van der Waals surface area contributed by atoms with Crippen LogP contribution in [0.25, 0.3) is 0 Å². The first-order valence-electron chi connectivity index (χ1n) is 6.98. The highest BCUT2D eigenvalue weighted by molar-refractivity contribution is 5.74. The van der Waals surface area contributed by atoms with Crippen molar-refractivity contribution in [3.8, 4) is 0 Å². The molecule has 0 spiro atoms. The van der Waals surface area contributed by atoms with Crippen LogP contribution in [0.2, 0.25) is 0 Å². The van der Waals surface area contributed by atoms with Crippen molar-refractivity contribution >= 4 is 5.97 Å². The average molecular weight is 316 g/mol. The van der Waals surface area contributed by atoms with E-state index in [-0.39, 0.29) is 12.6 Å². The molecule has 1 aromatic carbocycles. The molecule has 0 amide bonds. The number of hydrogen-bond donors (Lipinski definition) is 1. The minimum atomic E-state index is -4.39. The van der Waals surface area contributed by atoms with Gasteiger partial charge in [-0.25, -0.2) is 0 Å². The van der Waals surface area contributed by atoms with Gasteiger partial charge < -0.3 is 10.0 Å². The summed E-state index contributed by atoms with van der Waals surface area (Å²) in [6.45, 7) is 0.728. The minimum Gasteiger partial charge on any atom is -0.480 e. The van der Waals surface area contributed by atoms with Gasteiger partial charge in [0.1, 0.15) is 6.04 Å². The largest absolute Gasteiger partial charge is 0.480 e. The lowest BCUT2D eigenvalue weighted by Crippen LogP contribution is -2.35. The van der Waals surface area contributed by atoms with Crippen molar-refractivity contribution in [2.75, 3.05) is 20.6 Å². The van der Waals surface area contributed by atoms with Gasteiger partial charge in [0.2, 0.25) is 0 Å². The number of halogens is 3. The summed E-state index contributed by atoms with van der Waals surface area (Å²) in [6, 6.07) is 4.48. The molecule has 122 valence electrons. The molecule has 1 aliphatic heterocycles. The van der Waals surface area contributed by atoms with Gasteiger partial charge in [0.05, 0.1) is 5.56 Å². The summed E-state index contributed by atoms with van der Waals surface area (Å²) in [5.74, 6) is -0.934. The van der Waals surface area contributed by atoms with Crippen LogP contribution in [0.3, 0.4) is 0 Å².